The van der Waals surface area contributed by atoms with Gasteiger partial charge in [-0.25, -0.2) is 13.6 Å². The first kappa shape index (κ1) is 16.1. The molecule has 0 radical (unpaired) electrons. The van der Waals surface area contributed by atoms with Crippen LogP contribution in [-0.2, 0) is 10.0 Å². The zero-order valence-corrected chi connectivity index (χ0v) is 12.7. The molecule has 2 unspecified atom stereocenters. The van der Waals surface area contributed by atoms with Gasteiger partial charge in [-0.1, -0.05) is 20.8 Å². The Kier molecular flexibility index (Phi) is 5.46. The van der Waals surface area contributed by atoms with E-state index < -0.39 is 10.0 Å². The predicted octanol–water partition coefficient (Wildman–Crippen LogP) is 1.47. The van der Waals surface area contributed by atoms with Crippen molar-refractivity contribution in [1.29, 1.82) is 0 Å². The van der Waals surface area contributed by atoms with Crippen molar-refractivity contribution in [2.45, 2.75) is 44.6 Å². The Morgan fingerprint density at radius 2 is 1.95 bits per heavy atom. The van der Waals surface area contributed by atoms with Crippen LogP contribution in [0.4, 0.5) is 0 Å². The molecule has 5 nitrogen and oxygen atoms in total. The van der Waals surface area contributed by atoms with E-state index >= 15 is 0 Å². The SMILES string of the molecule is CCNC(C)C(c1ccc(S(N)(=O)=O)cn1)C(C)C. The van der Waals surface area contributed by atoms with E-state index in [0.29, 0.717) is 5.92 Å². The summed E-state index contributed by atoms with van der Waals surface area (Å²) in [6.07, 6.45) is 1.33. The molecule has 6 heteroatoms. The summed E-state index contributed by atoms with van der Waals surface area (Å²) in [7, 11) is -3.67. The van der Waals surface area contributed by atoms with Crippen LogP contribution >= 0.6 is 0 Å². The molecule has 0 saturated heterocycles. The summed E-state index contributed by atoms with van der Waals surface area (Å²) in [6, 6.07) is 3.54. The van der Waals surface area contributed by atoms with Gasteiger partial charge in [-0.2, -0.15) is 0 Å². The number of sulfonamides is 1. The van der Waals surface area contributed by atoms with E-state index in [1.807, 2.05) is 0 Å². The van der Waals surface area contributed by atoms with Crippen molar-refractivity contribution < 1.29 is 8.42 Å². The number of pyridine rings is 1. The van der Waals surface area contributed by atoms with Gasteiger partial charge < -0.3 is 5.32 Å². The van der Waals surface area contributed by atoms with E-state index in [0.717, 1.165) is 12.2 Å². The molecule has 1 heterocycles. The van der Waals surface area contributed by atoms with Crippen LogP contribution in [0.5, 0.6) is 0 Å². The summed E-state index contributed by atoms with van der Waals surface area (Å²) < 4.78 is 22.4. The second-order valence-corrected chi connectivity index (χ2v) is 6.64. The number of nitrogens with two attached hydrogens (primary N) is 1. The summed E-state index contributed by atoms with van der Waals surface area (Å²) >= 11 is 0. The molecule has 2 atom stereocenters. The molecule has 1 aromatic heterocycles. The van der Waals surface area contributed by atoms with Crippen LogP contribution in [0.1, 0.15) is 39.3 Å². The van der Waals surface area contributed by atoms with E-state index in [1.54, 1.807) is 6.07 Å². The molecule has 0 aliphatic rings. The zero-order chi connectivity index (χ0) is 14.6. The largest absolute Gasteiger partial charge is 0.314 e. The summed E-state index contributed by atoms with van der Waals surface area (Å²) in [5.41, 5.74) is 0.885. The van der Waals surface area contributed by atoms with Gasteiger partial charge in [0.1, 0.15) is 4.90 Å². The molecule has 0 amide bonds. The summed E-state index contributed by atoms with van der Waals surface area (Å²) in [5, 5.41) is 8.46. The molecule has 1 aromatic rings. The van der Waals surface area contributed by atoms with Crippen molar-refractivity contribution in [1.82, 2.24) is 10.3 Å². The Balaban J connectivity index is 3.05. The van der Waals surface area contributed by atoms with Crippen LogP contribution in [0, 0.1) is 5.92 Å². The highest BCUT2D eigenvalue weighted by molar-refractivity contribution is 7.89. The molecule has 3 N–H and O–H groups in total. The highest BCUT2D eigenvalue weighted by atomic mass is 32.2. The molecular formula is C13H23N3O2S. The van der Waals surface area contributed by atoms with E-state index in [1.165, 1.54) is 12.3 Å². The van der Waals surface area contributed by atoms with Gasteiger partial charge in [0.15, 0.2) is 0 Å². The van der Waals surface area contributed by atoms with Crippen LogP contribution < -0.4 is 10.5 Å². The molecule has 0 saturated carbocycles. The fraction of sp³-hybridized carbons (Fsp3) is 0.615. The maximum absolute atomic E-state index is 11.2. The predicted molar refractivity (Wildman–Crippen MR) is 76.3 cm³/mol. The lowest BCUT2D eigenvalue weighted by molar-refractivity contribution is 0.376. The van der Waals surface area contributed by atoms with Crippen molar-refractivity contribution in [2.24, 2.45) is 11.1 Å². The van der Waals surface area contributed by atoms with Crippen molar-refractivity contribution in [3.05, 3.63) is 24.0 Å². The van der Waals surface area contributed by atoms with Crippen LogP contribution in [-0.4, -0.2) is 26.0 Å². The number of primary sulfonamides is 1. The third kappa shape index (κ3) is 4.26. The minimum Gasteiger partial charge on any atom is -0.314 e. The van der Waals surface area contributed by atoms with Gasteiger partial charge in [0.05, 0.1) is 0 Å². The second kappa shape index (κ2) is 6.45. The maximum Gasteiger partial charge on any atom is 0.239 e. The highest BCUT2D eigenvalue weighted by Crippen LogP contribution is 2.26. The number of rotatable bonds is 6. The molecule has 0 spiro atoms. The zero-order valence-electron chi connectivity index (χ0n) is 11.9. The topological polar surface area (TPSA) is 85.1 Å². The first-order valence-electron chi connectivity index (χ1n) is 6.49. The fourth-order valence-corrected chi connectivity index (χ4v) is 2.84. The molecule has 0 aliphatic heterocycles. The average Bonchev–Trinajstić information content (AvgIpc) is 2.28. The summed E-state index contributed by atoms with van der Waals surface area (Å²) in [4.78, 5) is 4.32. The molecule has 0 aliphatic carbocycles. The minimum atomic E-state index is -3.67. The maximum atomic E-state index is 11.2. The fourth-order valence-electron chi connectivity index (χ4n) is 2.38. The lowest BCUT2D eigenvalue weighted by Gasteiger charge is -2.27. The number of nitrogens with one attached hydrogen (secondary N) is 1. The lowest BCUT2D eigenvalue weighted by atomic mass is 9.86. The van der Waals surface area contributed by atoms with E-state index in [4.69, 9.17) is 5.14 Å². The second-order valence-electron chi connectivity index (χ2n) is 5.08. The van der Waals surface area contributed by atoms with Gasteiger partial charge in [0, 0.05) is 23.9 Å². The van der Waals surface area contributed by atoms with E-state index in [2.05, 4.69) is 38.0 Å². The Morgan fingerprint density at radius 1 is 1.32 bits per heavy atom. The van der Waals surface area contributed by atoms with Gasteiger partial charge in [-0.05, 0) is 31.5 Å². The molecule has 19 heavy (non-hydrogen) atoms. The number of likely N-dealkylation sites (N-methyl/N-ethyl adjacent to an activating group) is 1. The van der Waals surface area contributed by atoms with Crippen LogP contribution in [0.3, 0.4) is 0 Å². The number of nitrogens with zero attached hydrogens (tertiary/aromatic N) is 1. The Labute approximate surface area is 115 Å². The van der Waals surface area contributed by atoms with E-state index in [9.17, 15) is 8.42 Å². The minimum absolute atomic E-state index is 0.0508. The Hall–Kier alpha value is -0.980. The first-order chi connectivity index (χ1) is 8.77. The van der Waals surface area contributed by atoms with Crippen molar-refractivity contribution in [3.8, 4) is 0 Å². The van der Waals surface area contributed by atoms with Gasteiger partial charge in [0.2, 0.25) is 10.0 Å². The van der Waals surface area contributed by atoms with E-state index in [-0.39, 0.29) is 16.9 Å². The lowest BCUT2D eigenvalue weighted by Crippen LogP contribution is -2.35. The first-order valence-corrected chi connectivity index (χ1v) is 8.04. The summed E-state index contributed by atoms with van der Waals surface area (Å²) in [5.74, 6) is 0.636. The van der Waals surface area contributed by atoms with Crippen molar-refractivity contribution in [3.63, 3.8) is 0 Å². The quantitative estimate of drug-likeness (QED) is 0.828. The van der Waals surface area contributed by atoms with Gasteiger partial charge >= 0.3 is 0 Å². The van der Waals surface area contributed by atoms with Crippen LogP contribution in [0.2, 0.25) is 0 Å². The third-order valence-electron chi connectivity index (χ3n) is 3.21. The third-order valence-corrected chi connectivity index (χ3v) is 4.11. The molecule has 0 bridgehead atoms. The Bertz CT molecular complexity index is 497. The Morgan fingerprint density at radius 3 is 2.32 bits per heavy atom. The number of aromatic nitrogens is 1. The number of hydrogen-bond acceptors (Lipinski definition) is 4. The number of hydrogen-bond donors (Lipinski definition) is 2. The standard InChI is InChI=1S/C13H23N3O2S/c1-5-15-10(4)13(9(2)3)12-7-6-11(8-16-12)19(14,17)18/h6-10,13,15H,5H2,1-4H3,(H2,14,17,18). The monoisotopic (exact) mass is 285 g/mol. The molecule has 1 rings (SSSR count). The molecule has 108 valence electrons. The highest BCUT2D eigenvalue weighted by Gasteiger charge is 2.23. The van der Waals surface area contributed by atoms with Gasteiger partial charge in [-0.15, -0.1) is 0 Å². The molecule has 0 fully saturated rings. The van der Waals surface area contributed by atoms with Gasteiger partial charge in [0.25, 0.3) is 0 Å². The summed E-state index contributed by atoms with van der Waals surface area (Å²) in [6.45, 7) is 9.33. The average molecular weight is 285 g/mol. The van der Waals surface area contributed by atoms with Crippen LogP contribution in [0.15, 0.2) is 23.2 Å². The smallest absolute Gasteiger partial charge is 0.239 e. The molecular weight excluding hydrogens is 262 g/mol. The van der Waals surface area contributed by atoms with Crippen molar-refractivity contribution >= 4 is 10.0 Å². The molecule has 0 aromatic carbocycles. The normalized spacial score (nSPS) is 15.5. The van der Waals surface area contributed by atoms with Crippen molar-refractivity contribution in [2.75, 3.05) is 6.54 Å². The van der Waals surface area contributed by atoms with Gasteiger partial charge in [-0.3, -0.25) is 4.98 Å². The van der Waals surface area contributed by atoms with Crippen LogP contribution in [0.25, 0.3) is 0 Å².